The second-order valence-corrected chi connectivity index (χ2v) is 8.13. The van der Waals surface area contributed by atoms with E-state index >= 15 is 0 Å². The maximum Gasteiger partial charge on any atom is 0.142 e. The van der Waals surface area contributed by atoms with Crippen LogP contribution in [0.15, 0.2) is 74.6 Å². The molecule has 0 atom stereocenters. The quantitative estimate of drug-likeness (QED) is 0.332. The zero-order chi connectivity index (χ0) is 19.2. The van der Waals surface area contributed by atoms with Gasteiger partial charge in [0.1, 0.15) is 12.4 Å². The van der Waals surface area contributed by atoms with E-state index in [1.54, 1.807) is 0 Å². The van der Waals surface area contributed by atoms with E-state index in [-0.39, 0.29) is 0 Å². The Labute approximate surface area is 177 Å². The Bertz CT molecular complexity index is 932. The van der Waals surface area contributed by atoms with E-state index in [2.05, 4.69) is 87.1 Å². The van der Waals surface area contributed by atoms with Crippen LogP contribution in [0.1, 0.15) is 29.2 Å². The van der Waals surface area contributed by atoms with E-state index in [1.807, 2.05) is 30.5 Å². The second kappa shape index (κ2) is 9.34. The molecule has 0 heterocycles. The summed E-state index contributed by atoms with van der Waals surface area (Å²) in [4.78, 5) is 4.61. The molecule has 0 aliphatic heterocycles. The van der Waals surface area contributed by atoms with Crippen molar-refractivity contribution in [2.24, 2.45) is 4.99 Å². The van der Waals surface area contributed by atoms with Gasteiger partial charge in [-0.3, -0.25) is 4.99 Å². The van der Waals surface area contributed by atoms with Gasteiger partial charge in [0.05, 0.1) is 10.2 Å². The smallest absolute Gasteiger partial charge is 0.142 e. The van der Waals surface area contributed by atoms with Gasteiger partial charge < -0.3 is 4.74 Å². The fourth-order valence-electron chi connectivity index (χ4n) is 2.63. The molecule has 0 radical (unpaired) electrons. The number of rotatable bonds is 6. The van der Waals surface area contributed by atoms with Crippen molar-refractivity contribution in [2.75, 3.05) is 0 Å². The fourth-order valence-corrected chi connectivity index (χ4v) is 4.00. The Balaban J connectivity index is 1.82. The molecule has 0 aliphatic rings. The van der Waals surface area contributed by atoms with Gasteiger partial charge in [-0.25, -0.2) is 0 Å². The molecule has 2 nitrogen and oxygen atoms in total. The first kappa shape index (κ1) is 19.8. The third-order valence-corrected chi connectivity index (χ3v) is 5.29. The van der Waals surface area contributed by atoms with Gasteiger partial charge in [-0.1, -0.05) is 64.8 Å². The number of nitrogens with zero attached hydrogens (tertiary/aromatic N) is 1. The van der Waals surface area contributed by atoms with Crippen LogP contribution < -0.4 is 4.74 Å². The molecule has 0 unspecified atom stereocenters. The number of aliphatic imine (C=N–C) groups is 1. The molecule has 0 fully saturated rings. The van der Waals surface area contributed by atoms with Gasteiger partial charge in [0, 0.05) is 16.3 Å². The van der Waals surface area contributed by atoms with Gasteiger partial charge in [0.2, 0.25) is 0 Å². The van der Waals surface area contributed by atoms with Crippen molar-refractivity contribution in [3.63, 3.8) is 0 Å². The molecule has 0 aliphatic carbocycles. The van der Waals surface area contributed by atoms with E-state index in [0.29, 0.717) is 6.61 Å². The van der Waals surface area contributed by atoms with Crippen LogP contribution in [0.4, 0.5) is 5.69 Å². The molecule has 0 N–H and O–H groups in total. The number of benzene rings is 3. The van der Waals surface area contributed by atoms with Crippen molar-refractivity contribution in [2.45, 2.75) is 26.9 Å². The molecule has 138 valence electrons. The number of halogens is 2. The zero-order valence-electron chi connectivity index (χ0n) is 15.4. The minimum atomic E-state index is 0.506. The van der Waals surface area contributed by atoms with E-state index in [0.717, 1.165) is 37.9 Å². The molecule has 3 aromatic rings. The van der Waals surface area contributed by atoms with Crippen LogP contribution in [-0.2, 0) is 13.0 Å². The molecular formula is C23H21Br2NO. The minimum absolute atomic E-state index is 0.506. The highest BCUT2D eigenvalue weighted by Gasteiger charge is 2.09. The molecule has 0 saturated carbocycles. The predicted octanol–water partition coefficient (Wildman–Crippen LogP) is 7.41. The topological polar surface area (TPSA) is 21.6 Å². The first-order chi connectivity index (χ1) is 13.0. The predicted molar refractivity (Wildman–Crippen MR) is 120 cm³/mol. The zero-order valence-corrected chi connectivity index (χ0v) is 18.5. The van der Waals surface area contributed by atoms with Gasteiger partial charge >= 0.3 is 0 Å². The summed E-state index contributed by atoms with van der Waals surface area (Å²) < 4.78 is 7.98. The van der Waals surface area contributed by atoms with Crippen LogP contribution in [0.2, 0.25) is 0 Å². The largest absolute Gasteiger partial charge is 0.487 e. The summed E-state index contributed by atoms with van der Waals surface area (Å²) in [6.07, 6.45) is 2.88. The lowest BCUT2D eigenvalue weighted by Gasteiger charge is -2.12. The van der Waals surface area contributed by atoms with Crippen molar-refractivity contribution in [3.05, 3.63) is 91.9 Å². The van der Waals surface area contributed by atoms with Crippen LogP contribution in [-0.4, -0.2) is 6.21 Å². The van der Waals surface area contributed by atoms with E-state index < -0.39 is 0 Å². The van der Waals surface area contributed by atoms with Crippen LogP contribution >= 0.6 is 31.9 Å². The third-order valence-electron chi connectivity index (χ3n) is 4.24. The normalized spacial score (nSPS) is 11.1. The summed E-state index contributed by atoms with van der Waals surface area (Å²) in [5.41, 5.74) is 5.52. The first-order valence-corrected chi connectivity index (χ1v) is 10.4. The summed E-state index contributed by atoms with van der Waals surface area (Å²) in [7, 11) is 0. The lowest BCUT2D eigenvalue weighted by atomic mass is 10.1. The highest BCUT2D eigenvalue weighted by molar-refractivity contribution is 9.11. The molecule has 0 amide bonds. The minimum Gasteiger partial charge on any atom is -0.487 e. The molecule has 0 saturated heterocycles. The number of hydrogen-bond donors (Lipinski definition) is 0. The van der Waals surface area contributed by atoms with Gasteiger partial charge in [-0.15, -0.1) is 0 Å². The SMILES string of the molecule is CCc1ccc(N=Cc2cc(Br)cc(Br)c2OCc2ccc(C)cc2)cc1. The van der Waals surface area contributed by atoms with Gasteiger partial charge in [0.15, 0.2) is 0 Å². The summed E-state index contributed by atoms with van der Waals surface area (Å²) in [5.74, 6) is 0.785. The highest BCUT2D eigenvalue weighted by atomic mass is 79.9. The Morgan fingerprint density at radius 1 is 0.926 bits per heavy atom. The Morgan fingerprint density at radius 3 is 2.26 bits per heavy atom. The van der Waals surface area contributed by atoms with Gasteiger partial charge in [-0.2, -0.15) is 0 Å². The number of aryl methyl sites for hydroxylation is 2. The standard InChI is InChI=1S/C23H21Br2NO/c1-3-17-8-10-21(11-9-17)26-14-19-12-20(24)13-22(25)23(19)27-15-18-6-4-16(2)5-7-18/h4-14H,3,15H2,1-2H3. The second-order valence-electron chi connectivity index (χ2n) is 6.36. The summed E-state index contributed by atoms with van der Waals surface area (Å²) in [6, 6.07) is 20.7. The molecule has 3 rings (SSSR count). The van der Waals surface area contributed by atoms with Crippen molar-refractivity contribution < 1.29 is 4.74 Å². The average Bonchev–Trinajstić information content (AvgIpc) is 2.67. The lowest BCUT2D eigenvalue weighted by Crippen LogP contribution is -1.99. The van der Waals surface area contributed by atoms with Gasteiger partial charge in [-0.05, 0) is 64.7 Å². The van der Waals surface area contributed by atoms with Crippen LogP contribution in [0.3, 0.4) is 0 Å². The molecule has 0 spiro atoms. The Morgan fingerprint density at radius 2 is 1.59 bits per heavy atom. The van der Waals surface area contributed by atoms with E-state index in [1.165, 1.54) is 11.1 Å². The molecule has 3 aromatic carbocycles. The summed E-state index contributed by atoms with van der Waals surface area (Å²) >= 11 is 7.16. The maximum absolute atomic E-state index is 6.11. The van der Waals surface area contributed by atoms with Gasteiger partial charge in [0.25, 0.3) is 0 Å². The molecular weight excluding hydrogens is 466 g/mol. The van der Waals surface area contributed by atoms with Crippen LogP contribution in [0, 0.1) is 6.92 Å². The maximum atomic E-state index is 6.11. The molecule has 27 heavy (non-hydrogen) atoms. The van der Waals surface area contributed by atoms with Crippen molar-refractivity contribution >= 4 is 43.8 Å². The lowest BCUT2D eigenvalue weighted by molar-refractivity contribution is 0.304. The van der Waals surface area contributed by atoms with Crippen molar-refractivity contribution in [1.82, 2.24) is 0 Å². The third kappa shape index (κ3) is 5.53. The van der Waals surface area contributed by atoms with Crippen LogP contribution in [0.5, 0.6) is 5.75 Å². The number of hydrogen-bond acceptors (Lipinski definition) is 2. The van der Waals surface area contributed by atoms with Crippen LogP contribution in [0.25, 0.3) is 0 Å². The number of ether oxygens (including phenoxy) is 1. The Kier molecular flexibility index (Phi) is 6.86. The monoisotopic (exact) mass is 485 g/mol. The Hall–Kier alpha value is -1.91. The fraction of sp³-hybridized carbons (Fsp3) is 0.174. The highest BCUT2D eigenvalue weighted by Crippen LogP contribution is 2.33. The first-order valence-electron chi connectivity index (χ1n) is 8.85. The summed E-state index contributed by atoms with van der Waals surface area (Å²) in [5, 5.41) is 0. The average molecular weight is 487 g/mol. The van der Waals surface area contributed by atoms with E-state index in [4.69, 9.17) is 4.74 Å². The van der Waals surface area contributed by atoms with Crippen molar-refractivity contribution in [3.8, 4) is 5.75 Å². The molecule has 0 aromatic heterocycles. The van der Waals surface area contributed by atoms with E-state index in [9.17, 15) is 0 Å². The molecule has 4 heteroatoms. The summed E-state index contributed by atoms with van der Waals surface area (Å²) in [6.45, 7) is 4.74. The van der Waals surface area contributed by atoms with Crippen molar-refractivity contribution in [1.29, 1.82) is 0 Å². The molecule has 0 bridgehead atoms.